The van der Waals surface area contributed by atoms with Crippen molar-refractivity contribution in [3.63, 3.8) is 0 Å². The van der Waals surface area contributed by atoms with Crippen molar-refractivity contribution in [3.8, 4) is 0 Å². The third kappa shape index (κ3) is 3.15. The van der Waals surface area contributed by atoms with Crippen molar-refractivity contribution < 1.29 is 9.90 Å². The van der Waals surface area contributed by atoms with Crippen LogP contribution in [-0.2, 0) is 0 Å². The molecule has 0 unspecified atom stereocenters. The molecule has 1 aromatic carbocycles. The molecular weight excluding hydrogens is 252 g/mol. The van der Waals surface area contributed by atoms with Crippen molar-refractivity contribution in [1.82, 2.24) is 5.32 Å². The fraction of sp³-hybridized carbons (Fsp3) is 0.462. The summed E-state index contributed by atoms with van der Waals surface area (Å²) in [7, 11) is 0. The van der Waals surface area contributed by atoms with Crippen LogP contribution in [0.15, 0.2) is 18.2 Å². The number of anilines is 1. The van der Waals surface area contributed by atoms with Crippen molar-refractivity contribution >= 4 is 23.3 Å². The Hall–Kier alpha value is -1.26. The highest BCUT2D eigenvalue weighted by molar-refractivity contribution is 6.31. The Morgan fingerprint density at radius 2 is 2.22 bits per heavy atom. The lowest BCUT2D eigenvalue weighted by molar-refractivity contribution is 0.206. The van der Waals surface area contributed by atoms with E-state index in [1.807, 2.05) is 13.0 Å². The van der Waals surface area contributed by atoms with Gasteiger partial charge in [-0.15, -0.1) is 0 Å². The molecule has 4 nitrogen and oxygen atoms in total. The summed E-state index contributed by atoms with van der Waals surface area (Å²) in [6, 6.07) is 5.11. The van der Waals surface area contributed by atoms with Crippen molar-refractivity contribution in [2.75, 3.05) is 18.5 Å². The SMILES string of the molecule is Cc1ccc(NC(=O)NCC2(CO)CC2)cc1Cl. The number of urea groups is 1. The zero-order valence-electron chi connectivity index (χ0n) is 10.3. The van der Waals surface area contributed by atoms with Gasteiger partial charge in [-0.3, -0.25) is 0 Å². The van der Waals surface area contributed by atoms with Gasteiger partial charge in [0.2, 0.25) is 0 Å². The molecule has 0 aromatic heterocycles. The first kappa shape index (κ1) is 13.2. The van der Waals surface area contributed by atoms with Crippen LogP contribution >= 0.6 is 11.6 Å². The maximum absolute atomic E-state index is 11.7. The molecule has 1 aliphatic carbocycles. The van der Waals surface area contributed by atoms with Crippen LogP contribution in [0.5, 0.6) is 0 Å². The van der Waals surface area contributed by atoms with Gasteiger partial charge in [0.05, 0.1) is 6.61 Å². The van der Waals surface area contributed by atoms with Gasteiger partial charge < -0.3 is 15.7 Å². The average Bonchev–Trinajstić information content (AvgIpc) is 3.12. The summed E-state index contributed by atoms with van der Waals surface area (Å²) in [6.07, 6.45) is 1.94. The number of nitrogens with one attached hydrogen (secondary N) is 2. The second-order valence-electron chi connectivity index (χ2n) is 4.93. The molecule has 18 heavy (non-hydrogen) atoms. The van der Waals surface area contributed by atoms with Crippen molar-refractivity contribution in [3.05, 3.63) is 28.8 Å². The molecule has 5 heteroatoms. The van der Waals surface area contributed by atoms with Crippen LogP contribution in [0.4, 0.5) is 10.5 Å². The molecule has 98 valence electrons. The van der Waals surface area contributed by atoms with Crippen molar-refractivity contribution in [2.24, 2.45) is 5.41 Å². The molecule has 0 aliphatic heterocycles. The zero-order chi connectivity index (χ0) is 13.2. The van der Waals surface area contributed by atoms with Crippen LogP contribution in [0.3, 0.4) is 0 Å². The third-order valence-electron chi connectivity index (χ3n) is 3.35. The molecule has 2 rings (SSSR count). The summed E-state index contributed by atoms with van der Waals surface area (Å²) < 4.78 is 0. The largest absolute Gasteiger partial charge is 0.396 e. The van der Waals surface area contributed by atoms with E-state index in [-0.39, 0.29) is 18.1 Å². The van der Waals surface area contributed by atoms with Gasteiger partial charge in [-0.25, -0.2) is 4.79 Å². The van der Waals surface area contributed by atoms with Gasteiger partial charge in [-0.2, -0.15) is 0 Å². The molecule has 1 fully saturated rings. The summed E-state index contributed by atoms with van der Waals surface area (Å²) in [5, 5.41) is 15.2. The van der Waals surface area contributed by atoms with E-state index in [2.05, 4.69) is 10.6 Å². The fourth-order valence-corrected chi connectivity index (χ4v) is 1.86. The molecule has 1 aromatic rings. The molecule has 1 aliphatic rings. The molecule has 0 spiro atoms. The van der Waals surface area contributed by atoms with Gasteiger partial charge >= 0.3 is 6.03 Å². The van der Waals surface area contributed by atoms with Crippen molar-refractivity contribution in [2.45, 2.75) is 19.8 Å². The Morgan fingerprint density at radius 3 is 2.78 bits per heavy atom. The third-order valence-corrected chi connectivity index (χ3v) is 3.75. The van der Waals surface area contributed by atoms with E-state index >= 15 is 0 Å². The molecule has 1 saturated carbocycles. The van der Waals surface area contributed by atoms with Gasteiger partial charge in [-0.05, 0) is 37.5 Å². The predicted octanol–water partition coefficient (Wildman–Crippen LogP) is 2.54. The normalized spacial score (nSPS) is 16.2. The molecular formula is C13H17ClN2O2. The maximum Gasteiger partial charge on any atom is 0.319 e. The number of hydrogen-bond donors (Lipinski definition) is 3. The highest BCUT2D eigenvalue weighted by Crippen LogP contribution is 2.44. The fourth-order valence-electron chi connectivity index (χ4n) is 1.68. The average molecular weight is 269 g/mol. The number of aliphatic hydroxyl groups excluding tert-OH is 1. The van der Waals surface area contributed by atoms with Gasteiger partial charge in [0.15, 0.2) is 0 Å². The number of amides is 2. The quantitative estimate of drug-likeness (QED) is 0.786. The summed E-state index contributed by atoms with van der Waals surface area (Å²) in [5.74, 6) is 0. The van der Waals surface area contributed by atoms with E-state index < -0.39 is 0 Å². The molecule has 0 bridgehead atoms. The molecule has 2 amide bonds. The monoisotopic (exact) mass is 268 g/mol. The number of halogens is 1. The number of rotatable bonds is 4. The Morgan fingerprint density at radius 1 is 1.50 bits per heavy atom. The number of aryl methyl sites for hydroxylation is 1. The van der Waals surface area contributed by atoms with Crippen LogP contribution in [0.2, 0.25) is 5.02 Å². The first-order valence-corrected chi connectivity index (χ1v) is 6.34. The van der Waals surface area contributed by atoms with E-state index in [9.17, 15) is 4.79 Å². The number of hydrogen-bond acceptors (Lipinski definition) is 2. The van der Waals surface area contributed by atoms with Crippen LogP contribution in [0, 0.1) is 12.3 Å². The Kier molecular flexibility index (Phi) is 3.78. The molecule has 0 saturated heterocycles. The molecule has 3 N–H and O–H groups in total. The highest BCUT2D eigenvalue weighted by atomic mass is 35.5. The highest BCUT2D eigenvalue weighted by Gasteiger charge is 2.42. The Bertz CT molecular complexity index is 458. The lowest BCUT2D eigenvalue weighted by atomic mass is 10.1. The maximum atomic E-state index is 11.7. The first-order chi connectivity index (χ1) is 8.54. The Labute approximate surface area is 111 Å². The van der Waals surface area contributed by atoms with Crippen LogP contribution in [0.1, 0.15) is 18.4 Å². The summed E-state index contributed by atoms with van der Waals surface area (Å²) in [4.78, 5) is 11.7. The van der Waals surface area contributed by atoms with E-state index in [1.54, 1.807) is 12.1 Å². The summed E-state index contributed by atoms with van der Waals surface area (Å²) >= 11 is 5.97. The lowest BCUT2D eigenvalue weighted by Crippen LogP contribution is -2.35. The number of aliphatic hydroxyl groups is 1. The minimum atomic E-state index is -0.269. The van der Waals surface area contributed by atoms with E-state index in [0.29, 0.717) is 17.3 Å². The van der Waals surface area contributed by atoms with E-state index in [0.717, 1.165) is 18.4 Å². The number of carbonyl (C=O) groups excluding carboxylic acids is 1. The van der Waals surface area contributed by atoms with Gasteiger partial charge in [-0.1, -0.05) is 17.7 Å². The van der Waals surface area contributed by atoms with E-state index in [4.69, 9.17) is 16.7 Å². The Balaban J connectivity index is 1.85. The predicted molar refractivity (Wildman–Crippen MR) is 72.0 cm³/mol. The lowest BCUT2D eigenvalue weighted by Gasteiger charge is -2.13. The van der Waals surface area contributed by atoms with Gasteiger partial charge in [0, 0.05) is 22.7 Å². The first-order valence-electron chi connectivity index (χ1n) is 5.97. The second kappa shape index (κ2) is 5.16. The van der Waals surface area contributed by atoms with E-state index in [1.165, 1.54) is 0 Å². The van der Waals surface area contributed by atoms with Crippen LogP contribution in [0.25, 0.3) is 0 Å². The zero-order valence-corrected chi connectivity index (χ0v) is 11.0. The molecule has 0 radical (unpaired) electrons. The molecule has 0 heterocycles. The van der Waals surface area contributed by atoms with Gasteiger partial charge in [0.25, 0.3) is 0 Å². The summed E-state index contributed by atoms with van der Waals surface area (Å²) in [6.45, 7) is 2.54. The summed E-state index contributed by atoms with van der Waals surface area (Å²) in [5.41, 5.74) is 1.55. The second-order valence-corrected chi connectivity index (χ2v) is 5.34. The smallest absolute Gasteiger partial charge is 0.319 e. The minimum absolute atomic E-state index is 0.0811. The number of benzene rings is 1. The van der Waals surface area contributed by atoms with Crippen LogP contribution in [-0.4, -0.2) is 24.3 Å². The molecule has 0 atom stereocenters. The van der Waals surface area contributed by atoms with Crippen molar-refractivity contribution in [1.29, 1.82) is 0 Å². The topological polar surface area (TPSA) is 61.4 Å². The number of carbonyl (C=O) groups is 1. The van der Waals surface area contributed by atoms with Crippen LogP contribution < -0.4 is 10.6 Å². The van der Waals surface area contributed by atoms with Gasteiger partial charge in [0.1, 0.15) is 0 Å². The standard InChI is InChI=1S/C13H17ClN2O2/c1-9-2-3-10(6-11(9)14)16-12(18)15-7-13(8-17)4-5-13/h2-3,6,17H,4-5,7-8H2,1H3,(H2,15,16,18). The minimum Gasteiger partial charge on any atom is -0.396 e.